The van der Waals surface area contributed by atoms with Crippen LogP contribution in [0.15, 0.2) is 58.6 Å². The average molecular weight is 474 g/mol. The Kier molecular flexibility index (Phi) is 6.73. The summed E-state index contributed by atoms with van der Waals surface area (Å²) in [6.45, 7) is 13.0. The maximum atomic E-state index is 13.5. The van der Waals surface area contributed by atoms with Gasteiger partial charge in [0, 0.05) is 18.7 Å². The number of nitrogens with zero attached hydrogens (tertiary/aromatic N) is 4. The quantitative estimate of drug-likeness (QED) is 0.424. The zero-order valence-corrected chi connectivity index (χ0v) is 20.6. The maximum absolute atomic E-state index is 13.5. The van der Waals surface area contributed by atoms with Gasteiger partial charge in [-0.1, -0.05) is 64.6 Å². The molecule has 0 radical (unpaired) electrons. The highest BCUT2D eigenvalue weighted by atomic mass is 16.2. The topological polar surface area (TPSA) is 90.4 Å². The van der Waals surface area contributed by atoms with E-state index in [1.54, 1.807) is 28.8 Å². The molecule has 8 heteroatoms. The van der Waals surface area contributed by atoms with Crippen LogP contribution < -0.4 is 16.6 Å². The zero-order valence-electron chi connectivity index (χ0n) is 20.6. The van der Waals surface area contributed by atoms with Gasteiger partial charge in [0.25, 0.3) is 11.5 Å². The van der Waals surface area contributed by atoms with Gasteiger partial charge in [-0.3, -0.25) is 14.2 Å². The van der Waals surface area contributed by atoms with Crippen LogP contribution in [0.3, 0.4) is 0 Å². The fourth-order valence-electron chi connectivity index (χ4n) is 4.02. The molecule has 1 N–H and O–H groups in total. The number of benzene rings is 2. The first-order valence-electron chi connectivity index (χ1n) is 11.8. The number of aromatic nitrogens is 4. The van der Waals surface area contributed by atoms with Crippen LogP contribution in [0.2, 0.25) is 0 Å². The number of hydrogen-bond donors (Lipinski definition) is 1. The average Bonchev–Trinajstić information content (AvgIpc) is 3.15. The predicted octanol–water partition coefficient (Wildman–Crippen LogP) is 3.54. The second-order valence-electron chi connectivity index (χ2n) is 9.67. The Hall–Kier alpha value is -3.94. The lowest BCUT2D eigenvalue weighted by Gasteiger charge is -2.13. The fraction of sp³-hybridized carbons (Fsp3) is 0.333. The molecule has 35 heavy (non-hydrogen) atoms. The normalized spacial score (nSPS) is 11.6. The molecular weight excluding hydrogens is 442 g/mol. The van der Waals surface area contributed by atoms with Crippen molar-refractivity contribution in [3.63, 3.8) is 0 Å². The number of hydrogen-bond acceptors (Lipinski definition) is 4. The van der Waals surface area contributed by atoms with Crippen LogP contribution in [0.1, 0.15) is 49.2 Å². The molecule has 2 heterocycles. The maximum Gasteiger partial charge on any atom is 0.352 e. The number of amides is 1. The van der Waals surface area contributed by atoms with Gasteiger partial charge in [-0.05, 0) is 41.2 Å². The van der Waals surface area contributed by atoms with Crippen LogP contribution in [-0.4, -0.2) is 31.2 Å². The Bertz CT molecular complexity index is 1520. The van der Waals surface area contributed by atoms with Crippen LogP contribution in [0.25, 0.3) is 22.8 Å². The summed E-state index contributed by atoms with van der Waals surface area (Å²) in [4.78, 5) is 39.7. The van der Waals surface area contributed by atoms with Gasteiger partial charge in [0.1, 0.15) is 0 Å². The van der Waals surface area contributed by atoms with Crippen molar-refractivity contribution in [2.75, 3.05) is 6.54 Å². The predicted molar refractivity (Wildman–Crippen MR) is 139 cm³/mol. The Balaban J connectivity index is 1.91. The summed E-state index contributed by atoms with van der Waals surface area (Å²) >= 11 is 0. The standard InChI is InChI=1S/C27H31N5O3/c1-6-19-7-9-20(10-8-19)16-31-27(35)32-23-13-21(24(33)28-14-17(2)3)11-12-22(23)25(34)30(15-18(4)5)26(32)29-31/h6-13,17-18H,1,14-16H2,2-5H3,(H,28,33). The first-order valence-corrected chi connectivity index (χ1v) is 11.8. The van der Waals surface area contributed by atoms with Crippen LogP contribution in [0, 0.1) is 11.8 Å². The van der Waals surface area contributed by atoms with Gasteiger partial charge in [0.05, 0.1) is 17.4 Å². The molecule has 2 aromatic carbocycles. The van der Waals surface area contributed by atoms with Gasteiger partial charge in [0.2, 0.25) is 5.78 Å². The molecule has 182 valence electrons. The molecule has 0 atom stereocenters. The van der Waals surface area contributed by atoms with Crippen LogP contribution in [0.4, 0.5) is 0 Å². The summed E-state index contributed by atoms with van der Waals surface area (Å²) in [5.41, 5.74) is 2.05. The second kappa shape index (κ2) is 9.74. The third-order valence-electron chi connectivity index (χ3n) is 5.81. The molecule has 8 nitrogen and oxygen atoms in total. The molecule has 1 amide bonds. The molecule has 0 fully saturated rings. The van der Waals surface area contributed by atoms with Crippen molar-refractivity contribution in [3.8, 4) is 0 Å². The molecule has 0 spiro atoms. The third-order valence-corrected chi connectivity index (χ3v) is 5.81. The lowest BCUT2D eigenvalue weighted by Crippen LogP contribution is -2.29. The van der Waals surface area contributed by atoms with Crippen molar-refractivity contribution in [3.05, 3.63) is 86.6 Å². The smallest absolute Gasteiger partial charge is 0.352 e. The summed E-state index contributed by atoms with van der Waals surface area (Å²) in [6, 6.07) is 12.5. The molecule has 0 aliphatic heterocycles. The minimum absolute atomic E-state index is 0.168. The summed E-state index contributed by atoms with van der Waals surface area (Å²) in [5, 5.41) is 7.82. The lowest BCUT2D eigenvalue weighted by atomic mass is 10.1. The van der Waals surface area contributed by atoms with E-state index in [2.05, 4.69) is 17.0 Å². The molecule has 4 aromatic rings. The van der Waals surface area contributed by atoms with Crippen molar-refractivity contribution in [2.24, 2.45) is 11.8 Å². The molecule has 4 rings (SSSR count). The van der Waals surface area contributed by atoms with Crippen molar-refractivity contribution >= 4 is 28.7 Å². The SMILES string of the molecule is C=Cc1ccc(Cn2nc3n(CC(C)C)c(=O)c4ccc(C(=O)NCC(C)C)cc4n3c2=O)cc1. The van der Waals surface area contributed by atoms with E-state index in [1.165, 1.54) is 9.08 Å². The molecule has 0 aliphatic rings. The van der Waals surface area contributed by atoms with E-state index in [0.717, 1.165) is 11.1 Å². The van der Waals surface area contributed by atoms with E-state index < -0.39 is 0 Å². The Morgan fingerprint density at radius 1 is 1.06 bits per heavy atom. The Morgan fingerprint density at radius 3 is 2.40 bits per heavy atom. The fourth-order valence-corrected chi connectivity index (χ4v) is 4.02. The van der Waals surface area contributed by atoms with E-state index in [9.17, 15) is 14.4 Å². The highest BCUT2D eigenvalue weighted by Gasteiger charge is 2.19. The zero-order chi connectivity index (χ0) is 25.3. The van der Waals surface area contributed by atoms with E-state index in [4.69, 9.17) is 0 Å². The molecule has 2 aromatic heterocycles. The number of carbonyl (C=O) groups is 1. The molecule has 0 unspecified atom stereocenters. The first-order chi connectivity index (χ1) is 16.7. The van der Waals surface area contributed by atoms with Crippen molar-refractivity contribution in [1.29, 1.82) is 0 Å². The van der Waals surface area contributed by atoms with E-state index >= 15 is 0 Å². The number of fused-ring (bicyclic) bond motifs is 3. The second-order valence-corrected chi connectivity index (χ2v) is 9.67. The summed E-state index contributed by atoms with van der Waals surface area (Å²) in [5.74, 6) is 0.490. The van der Waals surface area contributed by atoms with E-state index in [-0.39, 0.29) is 35.4 Å². The first kappa shape index (κ1) is 24.2. The number of nitrogens with one attached hydrogen (secondary N) is 1. The van der Waals surface area contributed by atoms with Gasteiger partial charge in [-0.25, -0.2) is 13.9 Å². The molecule has 0 bridgehead atoms. The number of rotatable bonds is 8. The highest BCUT2D eigenvalue weighted by molar-refractivity contribution is 5.98. The molecule has 0 saturated carbocycles. The largest absolute Gasteiger partial charge is 0.352 e. The van der Waals surface area contributed by atoms with Gasteiger partial charge in [-0.2, -0.15) is 0 Å². The summed E-state index contributed by atoms with van der Waals surface area (Å²) in [6.07, 6.45) is 1.76. The number of carbonyl (C=O) groups excluding carboxylic acids is 1. The van der Waals surface area contributed by atoms with Gasteiger partial charge in [0.15, 0.2) is 0 Å². The van der Waals surface area contributed by atoms with Crippen LogP contribution >= 0.6 is 0 Å². The van der Waals surface area contributed by atoms with Crippen LogP contribution in [0.5, 0.6) is 0 Å². The highest BCUT2D eigenvalue weighted by Crippen LogP contribution is 2.16. The third kappa shape index (κ3) is 4.82. The van der Waals surface area contributed by atoms with Gasteiger partial charge >= 0.3 is 5.69 Å². The Morgan fingerprint density at radius 2 is 1.77 bits per heavy atom. The van der Waals surface area contributed by atoms with E-state index in [0.29, 0.717) is 35.5 Å². The van der Waals surface area contributed by atoms with E-state index in [1.807, 2.05) is 52.0 Å². The van der Waals surface area contributed by atoms with Crippen molar-refractivity contribution in [2.45, 2.75) is 40.8 Å². The molecule has 0 aliphatic carbocycles. The van der Waals surface area contributed by atoms with Crippen molar-refractivity contribution < 1.29 is 4.79 Å². The monoisotopic (exact) mass is 473 g/mol. The Labute approximate surface area is 203 Å². The van der Waals surface area contributed by atoms with Gasteiger partial charge in [-0.15, -0.1) is 5.10 Å². The van der Waals surface area contributed by atoms with Crippen molar-refractivity contribution in [1.82, 2.24) is 24.1 Å². The minimum atomic E-state index is -0.366. The molecular formula is C27H31N5O3. The lowest BCUT2D eigenvalue weighted by molar-refractivity contribution is 0.0949. The summed E-state index contributed by atoms with van der Waals surface area (Å²) in [7, 11) is 0. The summed E-state index contributed by atoms with van der Waals surface area (Å²) < 4.78 is 4.35. The van der Waals surface area contributed by atoms with Crippen LogP contribution in [-0.2, 0) is 13.1 Å². The van der Waals surface area contributed by atoms with Gasteiger partial charge < -0.3 is 5.32 Å². The molecule has 0 saturated heterocycles. The minimum Gasteiger partial charge on any atom is -0.352 e.